The van der Waals surface area contributed by atoms with E-state index in [2.05, 4.69) is 33.0 Å². The SMILES string of the molecule is CCC(C)(C)C1CCC(NCC2(C)CCCCC2)CC1. The van der Waals surface area contributed by atoms with Gasteiger partial charge in [-0.15, -0.1) is 0 Å². The maximum Gasteiger partial charge on any atom is 0.00675 e. The van der Waals surface area contributed by atoms with Gasteiger partial charge < -0.3 is 5.32 Å². The van der Waals surface area contributed by atoms with Gasteiger partial charge in [0.15, 0.2) is 0 Å². The fourth-order valence-corrected chi connectivity index (χ4v) is 4.34. The van der Waals surface area contributed by atoms with Crippen LogP contribution in [-0.2, 0) is 0 Å². The zero-order chi connectivity index (χ0) is 14.6. The fourth-order valence-electron chi connectivity index (χ4n) is 4.34. The second-order valence-corrected chi connectivity index (χ2v) is 8.64. The maximum absolute atomic E-state index is 3.92. The van der Waals surface area contributed by atoms with E-state index in [9.17, 15) is 0 Å². The number of rotatable bonds is 5. The zero-order valence-corrected chi connectivity index (χ0v) is 14.4. The van der Waals surface area contributed by atoms with Gasteiger partial charge in [0.05, 0.1) is 0 Å². The normalized spacial score (nSPS) is 31.2. The molecule has 2 fully saturated rings. The van der Waals surface area contributed by atoms with Crippen LogP contribution in [-0.4, -0.2) is 12.6 Å². The molecule has 0 aromatic heterocycles. The summed E-state index contributed by atoms with van der Waals surface area (Å²) in [6.07, 6.45) is 14.3. The van der Waals surface area contributed by atoms with Gasteiger partial charge in [-0.3, -0.25) is 0 Å². The van der Waals surface area contributed by atoms with E-state index >= 15 is 0 Å². The summed E-state index contributed by atoms with van der Waals surface area (Å²) in [5.41, 5.74) is 1.15. The molecular formula is C19H37N. The Hall–Kier alpha value is -0.0400. The average Bonchev–Trinajstić information content (AvgIpc) is 2.46. The van der Waals surface area contributed by atoms with Crippen molar-refractivity contribution in [1.82, 2.24) is 5.32 Å². The summed E-state index contributed by atoms with van der Waals surface area (Å²) in [6, 6.07) is 0.803. The van der Waals surface area contributed by atoms with Gasteiger partial charge in [0.25, 0.3) is 0 Å². The summed E-state index contributed by atoms with van der Waals surface area (Å²) < 4.78 is 0. The number of hydrogen-bond donors (Lipinski definition) is 1. The minimum absolute atomic E-state index is 0.556. The van der Waals surface area contributed by atoms with E-state index < -0.39 is 0 Å². The lowest BCUT2D eigenvalue weighted by Gasteiger charge is -2.41. The highest BCUT2D eigenvalue weighted by Gasteiger charge is 2.33. The van der Waals surface area contributed by atoms with Crippen molar-refractivity contribution in [2.24, 2.45) is 16.7 Å². The lowest BCUT2D eigenvalue weighted by atomic mass is 9.68. The summed E-state index contributed by atoms with van der Waals surface area (Å²) >= 11 is 0. The lowest BCUT2D eigenvalue weighted by molar-refractivity contribution is 0.127. The predicted molar refractivity (Wildman–Crippen MR) is 89.0 cm³/mol. The van der Waals surface area contributed by atoms with Gasteiger partial charge in [0.2, 0.25) is 0 Å². The minimum Gasteiger partial charge on any atom is -0.313 e. The molecule has 2 aliphatic carbocycles. The van der Waals surface area contributed by atoms with Crippen molar-refractivity contribution in [3.63, 3.8) is 0 Å². The van der Waals surface area contributed by atoms with Crippen molar-refractivity contribution in [3.05, 3.63) is 0 Å². The second kappa shape index (κ2) is 6.81. The molecule has 0 aliphatic heterocycles. The van der Waals surface area contributed by atoms with Crippen molar-refractivity contribution < 1.29 is 0 Å². The Kier molecular flexibility index (Phi) is 5.56. The Morgan fingerprint density at radius 1 is 1.00 bits per heavy atom. The summed E-state index contributed by atoms with van der Waals surface area (Å²) in [5.74, 6) is 0.954. The molecule has 2 aliphatic rings. The van der Waals surface area contributed by atoms with Crippen LogP contribution in [0.3, 0.4) is 0 Å². The van der Waals surface area contributed by atoms with Crippen LogP contribution < -0.4 is 5.32 Å². The van der Waals surface area contributed by atoms with E-state index in [-0.39, 0.29) is 0 Å². The summed E-state index contributed by atoms with van der Waals surface area (Å²) in [7, 11) is 0. The molecule has 0 unspecified atom stereocenters. The third-order valence-electron chi connectivity index (χ3n) is 6.62. The predicted octanol–water partition coefficient (Wildman–Crippen LogP) is 5.54. The van der Waals surface area contributed by atoms with Gasteiger partial charge >= 0.3 is 0 Å². The van der Waals surface area contributed by atoms with Crippen LogP contribution in [0.2, 0.25) is 0 Å². The van der Waals surface area contributed by atoms with Crippen LogP contribution in [0.15, 0.2) is 0 Å². The Labute approximate surface area is 127 Å². The second-order valence-electron chi connectivity index (χ2n) is 8.64. The van der Waals surface area contributed by atoms with E-state index in [0.717, 1.165) is 12.0 Å². The highest BCUT2D eigenvalue weighted by atomic mass is 14.9. The molecule has 2 saturated carbocycles. The maximum atomic E-state index is 3.92. The van der Waals surface area contributed by atoms with E-state index in [1.807, 2.05) is 0 Å². The molecule has 2 rings (SSSR count). The van der Waals surface area contributed by atoms with Crippen molar-refractivity contribution in [1.29, 1.82) is 0 Å². The first-order chi connectivity index (χ1) is 9.45. The third-order valence-corrected chi connectivity index (χ3v) is 6.62. The molecular weight excluding hydrogens is 242 g/mol. The van der Waals surface area contributed by atoms with Crippen LogP contribution >= 0.6 is 0 Å². The number of nitrogens with one attached hydrogen (secondary N) is 1. The molecule has 118 valence electrons. The Bertz CT molecular complexity index is 280. The monoisotopic (exact) mass is 279 g/mol. The molecule has 0 atom stereocenters. The smallest absolute Gasteiger partial charge is 0.00675 e. The van der Waals surface area contributed by atoms with Gasteiger partial charge in [-0.1, -0.05) is 53.4 Å². The van der Waals surface area contributed by atoms with Gasteiger partial charge in [-0.05, 0) is 55.3 Å². The third kappa shape index (κ3) is 4.23. The molecule has 0 saturated heterocycles. The minimum atomic E-state index is 0.556. The molecule has 0 amide bonds. The van der Waals surface area contributed by atoms with E-state index in [1.54, 1.807) is 0 Å². The molecule has 0 spiro atoms. The lowest BCUT2D eigenvalue weighted by Crippen LogP contribution is -2.42. The van der Waals surface area contributed by atoms with E-state index in [0.29, 0.717) is 10.8 Å². The van der Waals surface area contributed by atoms with E-state index in [4.69, 9.17) is 0 Å². The molecule has 0 aromatic rings. The van der Waals surface area contributed by atoms with Crippen LogP contribution in [0.4, 0.5) is 0 Å². The van der Waals surface area contributed by atoms with E-state index in [1.165, 1.54) is 70.8 Å². The van der Waals surface area contributed by atoms with Crippen molar-refractivity contribution in [2.75, 3.05) is 6.54 Å². The first-order valence-corrected chi connectivity index (χ1v) is 9.19. The molecule has 0 aromatic carbocycles. The van der Waals surface area contributed by atoms with Crippen LogP contribution in [0.1, 0.15) is 91.9 Å². The fraction of sp³-hybridized carbons (Fsp3) is 1.00. The van der Waals surface area contributed by atoms with Crippen molar-refractivity contribution >= 4 is 0 Å². The van der Waals surface area contributed by atoms with Crippen LogP contribution in [0.5, 0.6) is 0 Å². The average molecular weight is 280 g/mol. The van der Waals surface area contributed by atoms with Crippen molar-refractivity contribution in [2.45, 2.75) is 97.9 Å². The molecule has 20 heavy (non-hydrogen) atoms. The Morgan fingerprint density at radius 3 is 2.15 bits per heavy atom. The summed E-state index contributed by atoms with van der Waals surface area (Å²) in [4.78, 5) is 0. The molecule has 0 radical (unpaired) electrons. The van der Waals surface area contributed by atoms with Gasteiger partial charge in [0.1, 0.15) is 0 Å². The molecule has 0 heterocycles. The van der Waals surface area contributed by atoms with Gasteiger partial charge in [0, 0.05) is 12.6 Å². The van der Waals surface area contributed by atoms with Gasteiger partial charge in [-0.2, -0.15) is 0 Å². The first-order valence-electron chi connectivity index (χ1n) is 9.19. The summed E-state index contributed by atoms with van der Waals surface area (Å²) in [6.45, 7) is 11.1. The Morgan fingerprint density at radius 2 is 1.60 bits per heavy atom. The highest BCUT2D eigenvalue weighted by molar-refractivity contribution is 4.87. The molecule has 1 N–H and O–H groups in total. The molecule has 1 heteroatoms. The number of hydrogen-bond acceptors (Lipinski definition) is 1. The highest BCUT2D eigenvalue weighted by Crippen LogP contribution is 2.41. The van der Waals surface area contributed by atoms with Crippen molar-refractivity contribution in [3.8, 4) is 0 Å². The zero-order valence-electron chi connectivity index (χ0n) is 14.4. The standard InChI is InChI=1S/C19H37N/c1-5-18(2,3)16-9-11-17(12-10-16)20-15-19(4)13-7-6-8-14-19/h16-17,20H,5-15H2,1-4H3. The Balaban J connectivity index is 1.72. The summed E-state index contributed by atoms with van der Waals surface area (Å²) in [5, 5.41) is 3.92. The van der Waals surface area contributed by atoms with Gasteiger partial charge in [-0.25, -0.2) is 0 Å². The first kappa shape index (κ1) is 16.3. The molecule has 1 nitrogen and oxygen atoms in total. The van der Waals surface area contributed by atoms with Crippen LogP contribution in [0, 0.1) is 16.7 Å². The largest absolute Gasteiger partial charge is 0.313 e. The quantitative estimate of drug-likeness (QED) is 0.696. The molecule has 0 bridgehead atoms. The topological polar surface area (TPSA) is 12.0 Å². The van der Waals surface area contributed by atoms with Crippen LogP contribution in [0.25, 0.3) is 0 Å².